The van der Waals surface area contributed by atoms with E-state index in [1.807, 2.05) is 0 Å². The first-order valence-corrected chi connectivity index (χ1v) is 12.9. The van der Waals surface area contributed by atoms with Crippen molar-refractivity contribution in [2.75, 3.05) is 57.6 Å². The lowest BCUT2D eigenvalue weighted by Gasteiger charge is -2.26. The predicted octanol–water partition coefficient (Wildman–Crippen LogP) is 0.173. The van der Waals surface area contributed by atoms with Gasteiger partial charge in [0.15, 0.2) is 34.6 Å². The lowest BCUT2D eigenvalue weighted by atomic mass is 10.0. The van der Waals surface area contributed by atoms with Gasteiger partial charge in [-0.15, -0.1) is 0 Å². The Hall–Kier alpha value is -2.86. The third-order valence-electron chi connectivity index (χ3n) is 5.47. The molecule has 1 unspecified atom stereocenters. The molecular weight excluding hydrogens is 468 g/mol. The summed E-state index contributed by atoms with van der Waals surface area (Å²) >= 11 is 0. The number of benzene rings is 1. The van der Waals surface area contributed by atoms with Crippen LogP contribution >= 0.6 is 0 Å². The van der Waals surface area contributed by atoms with Crippen molar-refractivity contribution in [1.29, 1.82) is 0 Å². The number of esters is 1. The highest BCUT2D eigenvalue weighted by atomic mass is 32.2. The highest BCUT2D eigenvalue weighted by molar-refractivity contribution is 7.91. The van der Waals surface area contributed by atoms with Crippen LogP contribution < -0.4 is 14.8 Å². The molecule has 0 spiro atoms. The van der Waals surface area contributed by atoms with Crippen LogP contribution in [0.15, 0.2) is 18.2 Å². The van der Waals surface area contributed by atoms with Crippen molar-refractivity contribution in [3.05, 3.63) is 23.8 Å². The molecule has 1 N–H and O–H groups in total. The molecule has 1 aromatic rings. The van der Waals surface area contributed by atoms with Crippen molar-refractivity contribution in [3.8, 4) is 11.5 Å². The number of carbonyl (C=O) groups excluding carboxylic acids is 3. The Morgan fingerprint density at radius 2 is 1.85 bits per heavy atom. The van der Waals surface area contributed by atoms with E-state index in [1.165, 1.54) is 18.2 Å². The van der Waals surface area contributed by atoms with Crippen LogP contribution in [0.3, 0.4) is 0 Å². The van der Waals surface area contributed by atoms with Gasteiger partial charge in [0.1, 0.15) is 0 Å². The number of carbonyl (C=O) groups is 3. The molecule has 2 fully saturated rings. The molecule has 0 radical (unpaired) electrons. The molecule has 2 saturated heterocycles. The van der Waals surface area contributed by atoms with Gasteiger partial charge in [-0.2, -0.15) is 0 Å². The number of rotatable bonds is 9. The molecule has 1 atom stereocenters. The van der Waals surface area contributed by atoms with Crippen molar-refractivity contribution in [3.63, 3.8) is 0 Å². The highest BCUT2D eigenvalue weighted by Gasteiger charge is 2.39. The summed E-state index contributed by atoms with van der Waals surface area (Å²) in [5.74, 6) is -1.09. The van der Waals surface area contributed by atoms with E-state index in [1.54, 1.807) is 18.7 Å². The normalized spacial score (nSPS) is 21.5. The van der Waals surface area contributed by atoms with Gasteiger partial charge in [-0.3, -0.25) is 9.59 Å². The van der Waals surface area contributed by atoms with Gasteiger partial charge < -0.3 is 29.2 Å². The van der Waals surface area contributed by atoms with Crippen molar-refractivity contribution in [2.45, 2.75) is 25.8 Å². The molecule has 1 aromatic carbocycles. The Labute approximate surface area is 198 Å². The van der Waals surface area contributed by atoms with E-state index in [0.717, 1.165) is 0 Å². The average molecular weight is 499 g/mol. The standard InChI is InChI=1S/C22H30N2O9S/c1-3-31-18-12-16(4-5-17(18)32-14-20(26)24-7-9-30-10-8-24)21(27)33-13-19(25)23-22(2)6-11-34(28,29)15-22/h4-5,12H,3,6-11,13-15H2,1-2H3,(H,23,25). The third-order valence-corrected chi connectivity index (χ3v) is 7.38. The van der Waals surface area contributed by atoms with Crippen molar-refractivity contribution in [2.24, 2.45) is 0 Å². The molecule has 12 heteroatoms. The predicted molar refractivity (Wildman–Crippen MR) is 121 cm³/mol. The summed E-state index contributed by atoms with van der Waals surface area (Å²) in [5, 5.41) is 2.63. The van der Waals surface area contributed by atoms with Gasteiger partial charge in [-0.05, 0) is 38.5 Å². The van der Waals surface area contributed by atoms with Gasteiger partial charge >= 0.3 is 5.97 Å². The molecule has 188 valence electrons. The van der Waals surface area contributed by atoms with Crippen molar-refractivity contribution >= 4 is 27.6 Å². The molecule has 0 bridgehead atoms. The largest absolute Gasteiger partial charge is 0.490 e. The monoisotopic (exact) mass is 498 g/mol. The first kappa shape index (κ1) is 25.8. The quantitative estimate of drug-likeness (QED) is 0.472. The van der Waals surface area contributed by atoms with Gasteiger partial charge in [0, 0.05) is 13.1 Å². The van der Waals surface area contributed by atoms with Crippen molar-refractivity contribution < 1.29 is 41.7 Å². The molecule has 3 rings (SSSR count). The summed E-state index contributed by atoms with van der Waals surface area (Å²) in [6, 6.07) is 4.37. The topological polar surface area (TPSA) is 138 Å². The van der Waals surface area contributed by atoms with E-state index < -0.39 is 33.9 Å². The number of hydrogen-bond acceptors (Lipinski definition) is 9. The molecule has 0 aliphatic carbocycles. The molecule has 0 saturated carbocycles. The Morgan fingerprint density at radius 3 is 2.50 bits per heavy atom. The molecule has 0 aromatic heterocycles. The van der Waals surface area contributed by atoms with E-state index in [4.69, 9.17) is 18.9 Å². The van der Waals surface area contributed by atoms with E-state index in [0.29, 0.717) is 45.1 Å². The molecule has 11 nitrogen and oxygen atoms in total. The van der Waals surface area contributed by atoms with Crippen LogP contribution in [0.2, 0.25) is 0 Å². The van der Waals surface area contributed by atoms with Crippen molar-refractivity contribution in [1.82, 2.24) is 10.2 Å². The fraction of sp³-hybridized carbons (Fsp3) is 0.591. The minimum absolute atomic E-state index is 0.0102. The van der Waals surface area contributed by atoms with Gasteiger partial charge in [0.2, 0.25) is 0 Å². The van der Waals surface area contributed by atoms with E-state index >= 15 is 0 Å². The number of nitrogens with one attached hydrogen (secondary N) is 1. The second kappa shape index (κ2) is 11.0. The van der Waals surface area contributed by atoms with Gasteiger partial charge in [0.25, 0.3) is 11.8 Å². The number of morpholine rings is 1. The molecule has 34 heavy (non-hydrogen) atoms. The van der Waals surface area contributed by atoms with Crippen LogP contribution in [0, 0.1) is 0 Å². The Bertz CT molecular complexity index is 1020. The Morgan fingerprint density at radius 1 is 1.12 bits per heavy atom. The summed E-state index contributed by atoms with van der Waals surface area (Å²) < 4.78 is 44.8. The van der Waals surface area contributed by atoms with Crippen LogP contribution in [0.5, 0.6) is 11.5 Å². The lowest BCUT2D eigenvalue weighted by molar-refractivity contribution is -0.137. The maximum atomic E-state index is 12.4. The van der Waals surface area contributed by atoms with E-state index in [9.17, 15) is 22.8 Å². The Kier molecular flexibility index (Phi) is 8.37. The summed E-state index contributed by atoms with van der Waals surface area (Å²) in [6.45, 7) is 4.98. The molecule has 2 amide bonds. The summed E-state index contributed by atoms with van der Waals surface area (Å²) in [6.07, 6.45) is 0.308. The zero-order chi connectivity index (χ0) is 24.8. The summed E-state index contributed by atoms with van der Waals surface area (Å²) in [4.78, 5) is 38.6. The van der Waals surface area contributed by atoms with Crippen LogP contribution in [-0.4, -0.2) is 94.3 Å². The van der Waals surface area contributed by atoms with Crippen LogP contribution in [-0.2, 0) is 28.9 Å². The van der Waals surface area contributed by atoms with E-state index in [-0.39, 0.29) is 35.3 Å². The fourth-order valence-electron chi connectivity index (χ4n) is 3.76. The van der Waals surface area contributed by atoms with Crippen LogP contribution in [0.4, 0.5) is 0 Å². The zero-order valence-electron chi connectivity index (χ0n) is 19.3. The minimum atomic E-state index is -3.18. The van der Waals surface area contributed by atoms with Gasteiger partial charge in [-0.25, -0.2) is 13.2 Å². The third kappa shape index (κ3) is 7.07. The SMILES string of the molecule is CCOc1cc(C(=O)OCC(=O)NC2(C)CCS(=O)(=O)C2)ccc1OCC(=O)N1CCOCC1. The Balaban J connectivity index is 1.55. The number of hydrogen-bond donors (Lipinski definition) is 1. The average Bonchev–Trinajstić information content (AvgIpc) is 3.09. The van der Waals surface area contributed by atoms with Crippen LogP contribution in [0.1, 0.15) is 30.6 Å². The van der Waals surface area contributed by atoms with Gasteiger partial charge in [-0.1, -0.05) is 0 Å². The fourth-order valence-corrected chi connectivity index (χ4v) is 5.86. The minimum Gasteiger partial charge on any atom is -0.490 e. The lowest BCUT2D eigenvalue weighted by Crippen LogP contribution is -2.48. The molecule has 2 aliphatic heterocycles. The maximum Gasteiger partial charge on any atom is 0.338 e. The number of ether oxygens (including phenoxy) is 4. The zero-order valence-corrected chi connectivity index (χ0v) is 20.1. The smallest absolute Gasteiger partial charge is 0.338 e. The number of amides is 2. The first-order valence-electron chi connectivity index (χ1n) is 11.0. The molecular formula is C22H30N2O9S. The van der Waals surface area contributed by atoms with E-state index in [2.05, 4.69) is 5.32 Å². The second-order valence-electron chi connectivity index (χ2n) is 8.40. The second-order valence-corrected chi connectivity index (χ2v) is 10.6. The first-order chi connectivity index (χ1) is 16.1. The summed E-state index contributed by atoms with van der Waals surface area (Å²) in [7, 11) is -3.18. The molecule has 2 aliphatic rings. The number of nitrogens with zero attached hydrogens (tertiary/aromatic N) is 1. The highest BCUT2D eigenvalue weighted by Crippen LogP contribution is 2.29. The van der Waals surface area contributed by atoms with Gasteiger partial charge in [0.05, 0.1) is 42.4 Å². The molecule has 2 heterocycles. The maximum absolute atomic E-state index is 12.4. The summed E-state index contributed by atoms with van der Waals surface area (Å²) in [5.41, 5.74) is -0.736. The van der Waals surface area contributed by atoms with Crippen LogP contribution in [0.25, 0.3) is 0 Å². The number of sulfone groups is 1.